The Morgan fingerprint density at radius 3 is 0.924 bits per heavy atom. The molecule has 0 saturated heterocycles. The van der Waals surface area contributed by atoms with Crippen molar-refractivity contribution < 1.29 is 87.9 Å². The number of nitrogens with one attached hydrogen (secondary N) is 6. The van der Waals surface area contributed by atoms with Crippen LogP contribution in [0.4, 0.5) is 69.3 Å². The van der Waals surface area contributed by atoms with E-state index in [9.17, 15) is 25.9 Å². The Hall–Kier alpha value is -6.16. The van der Waals surface area contributed by atoms with Crippen LogP contribution in [0.15, 0.2) is 180 Å². The van der Waals surface area contributed by atoms with E-state index in [0.717, 1.165) is 22.7 Å². The van der Waals surface area contributed by atoms with Crippen molar-refractivity contribution in [1.82, 2.24) is 19.9 Å². The van der Waals surface area contributed by atoms with Gasteiger partial charge in [0.15, 0.2) is 0 Å². The van der Waals surface area contributed by atoms with Gasteiger partial charge in [0.2, 0.25) is 11.9 Å². The molecule has 0 atom stereocenters. The van der Waals surface area contributed by atoms with Gasteiger partial charge in [0.05, 0.1) is 0 Å². The maximum absolute atomic E-state index is 12.8. The second-order valence-corrected chi connectivity index (χ2v) is 16.7. The van der Waals surface area contributed by atoms with Gasteiger partial charge in [-0.15, -0.1) is 0 Å². The van der Waals surface area contributed by atoms with E-state index in [1.165, 1.54) is 36.4 Å². The molecule has 20 heteroatoms. The van der Waals surface area contributed by atoms with Crippen LogP contribution >= 0.6 is 0 Å². The monoisotopic (exact) mass is 938 g/mol. The number of aromatic nitrogens is 4. The van der Waals surface area contributed by atoms with Gasteiger partial charge in [-0.1, -0.05) is 97.1 Å². The van der Waals surface area contributed by atoms with Crippen molar-refractivity contribution in [2.75, 3.05) is 31.9 Å². The van der Waals surface area contributed by atoms with Crippen molar-refractivity contribution in [3.8, 4) is 0 Å². The zero-order valence-electron chi connectivity index (χ0n) is 37.5. The Labute approximate surface area is 428 Å². The number of nitrogens with zero attached hydrogens (tertiary/aromatic N) is 4. The minimum Gasteiger partial charge on any atom is -1.00 e. The van der Waals surface area contributed by atoms with E-state index in [4.69, 9.17) is 0 Å². The minimum atomic E-state index is -4.83. The van der Waals surface area contributed by atoms with Crippen LogP contribution in [-0.2, 0) is 20.2 Å². The molecule has 8 aromatic rings. The van der Waals surface area contributed by atoms with Crippen molar-refractivity contribution in [2.45, 2.75) is 9.79 Å². The summed E-state index contributed by atoms with van der Waals surface area (Å²) in [6, 6.07) is 49.0. The first kappa shape index (κ1) is 49.3. The number of rotatable bonds is 16. The van der Waals surface area contributed by atoms with Gasteiger partial charge < -0.3 is 34.8 Å². The third-order valence-corrected chi connectivity index (χ3v) is 11.0. The number of anilines is 12. The van der Waals surface area contributed by atoms with Crippen molar-refractivity contribution in [2.24, 2.45) is 0 Å². The Kier molecular flexibility index (Phi) is 16.7. The van der Waals surface area contributed by atoms with E-state index in [0.29, 0.717) is 11.6 Å². The standard InChI is InChI=1S/C46H38N10O6S2.2Na.2H/c57-63(58,59)39-27-37(49-43-29-41(47-33-13-5-1-6-14-33)53-45(55-43)51-35-17-9-3-10-18-35)25-23-31(39)21-22-32-24-26-38(28-40(32)64(60,61)62)50-44-30-42(48-34-15-7-2-8-16-34)54-46(56-44)52-36-19-11-4-12-20-36;;;;/h1-30H,(H,57,58,59)(H,60,61,62)(H3,47,49,51,53,55)(H3,48,50,52,54,56);;;;/q;2*+1;2*-1. The summed E-state index contributed by atoms with van der Waals surface area (Å²) in [5.41, 5.74) is 3.57. The summed E-state index contributed by atoms with van der Waals surface area (Å²) in [5.74, 6) is 1.92. The Bertz CT molecular complexity index is 2860. The molecule has 324 valence electrons. The van der Waals surface area contributed by atoms with Gasteiger partial charge in [0.1, 0.15) is 33.1 Å². The molecule has 2 aromatic heterocycles. The molecule has 0 saturated carbocycles. The summed E-state index contributed by atoms with van der Waals surface area (Å²) < 4.78 is 71.7. The topological polar surface area (TPSA) is 232 Å². The normalized spacial score (nSPS) is 11.1. The molecule has 0 spiro atoms. The fourth-order valence-corrected chi connectivity index (χ4v) is 7.74. The van der Waals surface area contributed by atoms with Crippen molar-refractivity contribution >= 4 is 102 Å². The first-order valence-corrected chi connectivity index (χ1v) is 22.3. The van der Waals surface area contributed by atoms with Gasteiger partial charge in [0.25, 0.3) is 20.2 Å². The summed E-state index contributed by atoms with van der Waals surface area (Å²) in [6.07, 6.45) is 2.62. The van der Waals surface area contributed by atoms with Gasteiger partial charge in [-0.05, 0) is 83.9 Å². The van der Waals surface area contributed by atoms with E-state index in [2.05, 4.69) is 51.8 Å². The van der Waals surface area contributed by atoms with Crippen LogP contribution in [0.2, 0.25) is 0 Å². The fraction of sp³-hybridized carbons (Fsp3) is 0. The molecule has 8 N–H and O–H groups in total. The first-order valence-electron chi connectivity index (χ1n) is 19.4. The Morgan fingerprint density at radius 2 is 0.636 bits per heavy atom. The number of hydrogen-bond donors (Lipinski definition) is 8. The summed E-state index contributed by atoms with van der Waals surface area (Å²) in [7, 11) is -9.65. The van der Waals surface area contributed by atoms with Crippen LogP contribution in [0.3, 0.4) is 0 Å². The molecule has 0 radical (unpaired) electrons. The Balaban J connectivity index is 0.00000252. The number of hydrogen-bond acceptors (Lipinski definition) is 14. The second-order valence-electron chi connectivity index (χ2n) is 13.9. The van der Waals surface area contributed by atoms with Crippen LogP contribution < -0.4 is 91.0 Å². The van der Waals surface area contributed by atoms with Crippen molar-refractivity contribution in [3.05, 3.63) is 181 Å². The summed E-state index contributed by atoms with van der Waals surface area (Å²) in [5, 5.41) is 19.0. The first-order chi connectivity index (χ1) is 30.9. The predicted octanol–water partition coefficient (Wildman–Crippen LogP) is 4.63. The van der Waals surface area contributed by atoms with Crippen molar-refractivity contribution in [3.63, 3.8) is 0 Å². The van der Waals surface area contributed by atoms with E-state index >= 15 is 0 Å². The van der Waals surface area contributed by atoms with Crippen LogP contribution in [-0.4, -0.2) is 45.9 Å². The Morgan fingerprint density at radius 1 is 0.364 bits per heavy atom. The van der Waals surface area contributed by atoms with E-state index in [-0.39, 0.29) is 108 Å². The molecule has 6 aromatic carbocycles. The maximum Gasteiger partial charge on any atom is 1.00 e. The predicted molar refractivity (Wildman–Crippen MR) is 253 cm³/mol. The molecule has 0 aliphatic carbocycles. The summed E-state index contributed by atoms with van der Waals surface area (Å²) >= 11 is 0. The molecular formula is C46H40N10Na2O6S2. The summed E-state index contributed by atoms with van der Waals surface area (Å²) in [4.78, 5) is 17.3. The van der Waals surface area contributed by atoms with Crippen LogP contribution in [0.25, 0.3) is 12.2 Å². The largest absolute Gasteiger partial charge is 1.00 e. The quantitative estimate of drug-likeness (QED) is 0.0375. The number of benzene rings is 6. The smallest absolute Gasteiger partial charge is 1.00 e. The molecule has 0 unspecified atom stereocenters. The molecule has 0 fully saturated rings. The van der Waals surface area contributed by atoms with E-state index < -0.39 is 30.0 Å². The molecular weight excluding hydrogens is 899 g/mol. The zero-order chi connectivity index (χ0) is 44.5. The van der Waals surface area contributed by atoms with E-state index in [1.54, 1.807) is 24.3 Å². The zero-order valence-corrected chi connectivity index (χ0v) is 41.1. The molecule has 0 aliphatic rings. The fourth-order valence-electron chi connectivity index (χ4n) is 6.32. The van der Waals surface area contributed by atoms with Gasteiger partial charge in [-0.25, -0.2) is 0 Å². The van der Waals surface area contributed by atoms with Gasteiger partial charge in [-0.3, -0.25) is 9.11 Å². The second kappa shape index (κ2) is 22.4. The molecule has 16 nitrogen and oxygen atoms in total. The average Bonchev–Trinajstić information content (AvgIpc) is 3.27. The van der Waals surface area contributed by atoms with E-state index in [1.807, 2.05) is 121 Å². The molecule has 8 rings (SSSR count). The van der Waals surface area contributed by atoms with Gasteiger partial charge >= 0.3 is 59.1 Å². The maximum atomic E-state index is 12.8. The molecule has 0 amide bonds. The molecule has 0 aliphatic heterocycles. The molecule has 66 heavy (non-hydrogen) atoms. The van der Waals surface area contributed by atoms with Crippen LogP contribution in [0.5, 0.6) is 0 Å². The van der Waals surface area contributed by atoms with Gasteiger partial charge in [-0.2, -0.15) is 36.8 Å². The molecule has 0 bridgehead atoms. The van der Waals surface area contributed by atoms with Crippen molar-refractivity contribution in [1.29, 1.82) is 0 Å². The third kappa shape index (κ3) is 13.7. The van der Waals surface area contributed by atoms with Crippen LogP contribution in [0.1, 0.15) is 14.0 Å². The SMILES string of the molecule is O=S(=O)(O)c1cc(Nc2cc(Nc3ccccc3)nc(Nc3ccccc3)n2)ccc1C=Cc1ccc(Nc2cc(Nc3ccccc3)nc(Nc3ccccc3)n2)cc1S(=O)(=O)O.[H-].[H-].[Na+].[Na+]. The number of para-hydroxylation sites is 4. The summed E-state index contributed by atoms with van der Waals surface area (Å²) in [6.45, 7) is 0. The molecule has 2 heterocycles. The van der Waals surface area contributed by atoms with Crippen LogP contribution in [0, 0.1) is 0 Å². The minimum absolute atomic E-state index is 0. The van der Waals surface area contributed by atoms with Gasteiger partial charge in [0, 0.05) is 46.3 Å². The average molecular weight is 939 g/mol. The third-order valence-electron chi connectivity index (χ3n) is 9.17.